The van der Waals surface area contributed by atoms with Gasteiger partial charge in [0.25, 0.3) is 0 Å². The zero-order chi connectivity index (χ0) is 13.8. The Kier molecular flexibility index (Phi) is 6.04. The van der Waals surface area contributed by atoms with Crippen LogP contribution in [-0.4, -0.2) is 48.8 Å². The number of nitrogens with zero attached hydrogens (tertiary/aromatic N) is 1. The molecule has 0 aromatic rings. The van der Waals surface area contributed by atoms with E-state index in [1.165, 1.54) is 11.8 Å². The third-order valence-electron chi connectivity index (χ3n) is 2.66. The highest BCUT2D eigenvalue weighted by atomic mass is 32.2. The van der Waals surface area contributed by atoms with Crippen LogP contribution in [0.5, 0.6) is 0 Å². The van der Waals surface area contributed by atoms with Crippen molar-refractivity contribution in [2.24, 2.45) is 11.7 Å². The highest BCUT2D eigenvalue weighted by molar-refractivity contribution is 7.92. The number of carbonyl (C=O) groups is 1. The van der Waals surface area contributed by atoms with Crippen LogP contribution < -0.4 is 5.73 Å². The minimum absolute atomic E-state index is 0.124. The fourth-order valence-corrected chi connectivity index (χ4v) is 1.83. The van der Waals surface area contributed by atoms with E-state index in [4.69, 9.17) is 18.0 Å². The lowest BCUT2D eigenvalue weighted by atomic mass is 10.1. The second kappa shape index (κ2) is 6.30. The van der Waals surface area contributed by atoms with Gasteiger partial charge >= 0.3 is 0 Å². The lowest BCUT2D eigenvalue weighted by Crippen LogP contribution is -2.44. The van der Waals surface area contributed by atoms with Crippen LogP contribution in [0.3, 0.4) is 0 Å². The maximum absolute atomic E-state index is 11.9. The number of hydrogen-bond donors (Lipinski definition) is 1. The minimum Gasteiger partial charge on any atom is -0.393 e. The van der Waals surface area contributed by atoms with Gasteiger partial charge in [-0.15, -0.1) is 0 Å². The van der Waals surface area contributed by atoms with E-state index in [9.17, 15) is 13.2 Å². The van der Waals surface area contributed by atoms with Crippen LogP contribution in [0.25, 0.3) is 0 Å². The van der Waals surface area contributed by atoms with Gasteiger partial charge in [-0.3, -0.25) is 4.79 Å². The van der Waals surface area contributed by atoms with Crippen LogP contribution in [0, 0.1) is 5.92 Å². The minimum atomic E-state index is -3.37. The fraction of sp³-hybridized carbons (Fsp3) is 0.800. The number of rotatable bonds is 6. The monoisotopic (exact) mass is 280 g/mol. The van der Waals surface area contributed by atoms with Gasteiger partial charge < -0.3 is 10.6 Å². The molecule has 0 radical (unpaired) electrons. The van der Waals surface area contributed by atoms with Crippen LogP contribution in [-0.2, 0) is 14.6 Å². The molecule has 0 aliphatic rings. The number of sulfone groups is 1. The topological polar surface area (TPSA) is 80.5 Å². The number of carbonyl (C=O) groups excluding carboxylic acids is 1. The van der Waals surface area contributed by atoms with Gasteiger partial charge in [-0.1, -0.05) is 19.1 Å². The molecule has 0 aliphatic carbocycles. The van der Waals surface area contributed by atoms with E-state index in [0.29, 0.717) is 18.1 Å². The second-order valence-electron chi connectivity index (χ2n) is 4.15. The van der Waals surface area contributed by atoms with Gasteiger partial charge in [0.2, 0.25) is 5.91 Å². The molecule has 2 N–H and O–H groups in total. The van der Waals surface area contributed by atoms with E-state index in [-0.39, 0.29) is 5.92 Å². The molecule has 2 unspecified atom stereocenters. The maximum Gasteiger partial charge on any atom is 0.240 e. The zero-order valence-electron chi connectivity index (χ0n) is 10.6. The van der Waals surface area contributed by atoms with Crippen molar-refractivity contribution in [1.29, 1.82) is 0 Å². The highest BCUT2D eigenvalue weighted by Crippen LogP contribution is 2.07. The molecule has 0 fully saturated rings. The Hall–Kier alpha value is -0.690. The summed E-state index contributed by atoms with van der Waals surface area (Å²) in [5, 5.41) is -1.03. The number of hydrogen-bond acceptors (Lipinski definition) is 4. The van der Waals surface area contributed by atoms with Crippen LogP contribution in [0.15, 0.2) is 0 Å². The van der Waals surface area contributed by atoms with E-state index >= 15 is 0 Å². The molecule has 5 nitrogen and oxygen atoms in total. The maximum atomic E-state index is 11.9. The van der Waals surface area contributed by atoms with E-state index < -0.39 is 21.0 Å². The summed E-state index contributed by atoms with van der Waals surface area (Å²) >= 11 is 4.83. The predicted octanol–water partition coefficient (Wildman–Crippen LogP) is 0.190. The number of amides is 1. The molecule has 0 aliphatic heterocycles. The molecular weight excluding hydrogens is 260 g/mol. The van der Waals surface area contributed by atoms with Gasteiger partial charge in [0, 0.05) is 25.3 Å². The van der Waals surface area contributed by atoms with Crippen molar-refractivity contribution >= 4 is 33.0 Å². The van der Waals surface area contributed by atoms with E-state index in [0.717, 1.165) is 6.26 Å². The summed E-state index contributed by atoms with van der Waals surface area (Å²) in [6.07, 6.45) is 1.06. The summed E-state index contributed by atoms with van der Waals surface area (Å²) in [7, 11) is -3.37. The largest absolute Gasteiger partial charge is 0.393 e. The van der Waals surface area contributed by atoms with Gasteiger partial charge in [0.1, 0.15) is 5.25 Å². The molecule has 0 saturated carbocycles. The molecule has 0 aromatic heterocycles. The van der Waals surface area contributed by atoms with Crippen molar-refractivity contribution in [3.8, 4) is 0 Å². The Labute approximate surface area is 108 Å². The van der Waals surface area contributed by atoms with Crippen LogP contribution in [0.4, 0.5) is 0 Å². The first-order valence-corrected chi connectivity index (χ1v) is 7.74. The average molecular weight is 280 g/mol. The molecule has 0 heterocycles. The molecule has 100 valence electrons. The third-order valence-corrected chi connectivity index (χ3v) is 4.55. The summed E-state index contributed by atoms with van der Waals surface area (Å²) in [6, 6.07) is 0. The van der Waals surface area contributed by atoms with Gasteiger partial charge in [0.15, 0.2) is 9.84 Å². The molecular formula is C10H20N2O3S2. The smallest absolute Gasteiger partial charge is 0.240 e. The molecule has 0 saturated heterocycles. The van der Waals surface area contributed by atoms with Crippen molar-refractivity contribution in [3.63, 3.8) is 0 Å². The standard InChI is InChI=1S/C10H20N2O3S2/c1-5-12(6-7(2)9(11)16)10(13)8(3)17(4,14)15/h7-8H,5-6H2,1-4H3,(H2,11,16). The van der Waals surface area contributed by atoms with Gasteiger partial charge in [-0.2, -0.15) is 0 Å². The molecule has 0 rings (SSSR count). The van der Waals surface area contributed by atoms with Crippen molar-refractivity contribution in [1.82, 2.24) is 4.90 Å². The van der Waals surface area contributed by atoms with Gasteiger partial charge in [-0.25, -0.2) is 8.42 Å². The second-order valence-corrected chi connectivity index (χ2v) is 6.99. The SMILES string of the molecule is CCN(CC(C)C(N)=S)C(=O)C(C)S(C)(=O)=O. The summed E-state index contributed by atoms with van der Waals surface area (Å²) in [6.45, 7) is 5.78. The molecule has 2 atom stereocenters. The van der Waals surface area contributed by atoms with E-state index in [2.05, 4.69) is 0 Å². The lowest BCUT2D eigenvalue weighted by Gasteiger charge is -2.26. The zero-order valence-corrected chi connectivity index (χ0v) is 12.3. The first-order valence-electron chi connectivity index (χ1n) is 5.38. The van der Waals surface area contributed by atoms with E-state index in [1.807, 2.05) is 6.92 Å². The molecule has 7 heteroatoms. The summed E-state index contributed by atoms with van der Waals surface area (Å²) in [5.74, 6) is -0.529. The quantitative estimate of drug-likeness (QED) is 0.703. The highest BCUT2D eigenvalue weighted by Gasteiger charge is 2.28. The lowest BCUT2D eigenvalue weighted by molar-refractivity contribution is -0.130. The summed E-state index contributed by atoms with van der Waals surface area (Å²) < 4.78 is 22.6. The molecule has 17 heavy (non-hydrogen) atoms. The Balaban J connectivity index is 4.79. The molecule has 0 spiro atoms. The normalized spacial score (nSPS) is 15.1. The number of nitrogens with two attached hydrogens (primary N) is 1. The first-order chi connectivity index (χ1) is 7.61. The Morgan fingerprint density at radius 1 is 1.41 bits per heavy atom. The Morgan fingerprint density at radius 3 is 2.18 bits per heavy atom. The van der Waals surface area contributed by atoms with Crippen molar-refractivity contribution in [2.75, 3.05) is 19.3 Å². The van der Waals surface area contributed by atoms with Crippen molar-refractivity contribution < 1.29 is 13.2 Å². The van der Waals surface area contributed by atoms with Gasteiger partial charge in [-0.05, 0) is 13.8 Å². The molecule has 1 amide bonds. The Morgan fingerprint density at radius 2 is 1.88 bits per heavy atom. The summed E-state index contributed by atoms with van der Waals surface area (Å²) in [4.78, 5) is 13.7. The molecule has 0 bridgehead atoms. The van der Waals surface area contributed by atoms with Crippen LogP contribution >= 0.6 is 12.2 Å². The number of thiocarbonyl (C=S) groups is 1. The third kappa shape index (κ3) is 4.99. The first kappa shape index (κ1) is 16.3. The average Bonchev–Trinajstić information content (AvgIpc) is 2.21. The summed E-state index contributed by atoms with van der Waals surface area (Å²) in [5.41, 5.74) is 5.48. The van der Waals surface area contributed by atoms with Crippen LogP contribution in [0.2, 0.25) is 0 Å². The van der Waals surface area contributed by atoms with Gasteiger partial charge in [0.05, 0.1) is 4.99 Å². The molecule has 0 aromatic carbocycles. The van der Waals surface area contributed by atoms with E-state index in [1.54, 1.807) is 6.92 Å². The fourth-order valence-electron chi connectivity index (χ4n) is 1.24. The van der Waals surface area contributed by atoms with Crippen molar-refractivity contribution in [3.05, 3.63) is 0 Å². The van der Waals surface area contributed by atoms with Crippen LogP contribution in [0.1, 0.15) is 20.8 Å². The van der Waals surface area contributed by atoms with Crippen molar-refractivity contribution in [2.45, 2.75) is 26.0 Å². The Bertz CT molecular complexity index is 392. The predicted molar refractivity (Wildman–Crippen MR) is 72.5 cm³/mol.